The number of rotatable bonds is 3. The number of ether oxygens (including phenoxy) is 1. The number of hydrogen-bond donors (Lipinski definition) is 1. The number of halogens is 5. The number of nitrogens with two attached hydrogens (primary N) is 1. The van der Waals surface area contributed by atoms with Crippen molar-refractivity contribution in [2.24, 2.45) is 5.73 Å². The molecule has 0 bridgehead atoms. The van der Waals surface area contributed by atoms with Crippen molar-refractivity contribution < 1.29 is 26.7 Å². The average molecular weight is 255 g/mol. The normalized spacial score (nSPS) is 15.8. The van der Waals surface area contributed by atoms with Gasteiger partial charge in [0.15, 0.2) is 0 Å². The number of hydrogen-bond acceptors (Lipinski definition) is 2. The SMILES string of the molecule is CC(N)(c1cccc(OC(F)(F)F)c1)C(F)F. The molecule has 0 aromatic heterocycles. The van der Waals surface area contributed by atoms with Crippen molar-refractivity contribution in [3.8, 4) is 5.75 Å². The van der Waals surface area contributed by atoms with Crippen LogP contribution in [0, 0.1) is 0 Å². The van der Waals surface area contributed by atoms with Gasteiger partial charge in [-0.25, -0.2) is 8.78 Å². The summed E-state index contributed by atoms with van der Waals surface area (Å²) in [5, 5.41) is 0. The van der Waals surface area contributed by atoms with E-state index in [-0.39, 0.29) is 5.56 Å². The zero-order valence-electron chi connectivity index (χ0n) is 8.76. The van der Waals surface area contributed by atoms with Crippen LogP contribution in [-0.2, 0) is 5.54 Å². The van der Waals surface area contributed by atoms with Crippen LogP contribution in [0.3, 0.4) is 0 Å². The van der Waals surface area contributed by atoms with Gasteiger partial charge in [0.1, 0.15) is 5.75 Å². The van der Waals surface area contributed by atoms with Crippen molar-refractivity contribution in [3.05, 3.63) is 29.8 Å². The highest BCUT2D eigenvalue weighted by molar-refractivity contribution is 5.33. The molecule has 0 saturated carbocycles. The third-order valence-electron chi connectivity index (χ3n) is 2.14. The van der Waals surface area contributed by atoms with Crippen LogP contribution < -0.4 is 10.5 Å². The first-order valence-electron chi connectivity index (χ1n) is 4.56. The summed E-state index contributed by atoms with van der Waals surface area (Å²) in [6, 6.07) is 4.25. The lowest BCUT2D eigenvalue weighted by Gasteiger charge is -2.24. The van der Waals surface area contributed by atoms with E-state index in [0.717, 1.165) is 19.1 Å². The van der Waals surface area contributed by atoms with Gasteiger partial charge in [-0.3, -0.25) is 0 Å². The zero-order chi connectivity index (χ0) is 13.3. The van der Waals surface area contributed by atoms with E-state index in [9.17, 15) is 22.0 Å². The zero-order valence-corrected chi connectivity index (χ0v) is 8.76. The second-order valence-corrected chi connectivity index (χ2v) is 3.66. The topological polar surface area (TPSA) is 35.2 Å². The predicted molar refractivity (Wildman–Crippen MR) is 50.7 cm³/mol. The molecule has 96 valence electrons. The molecule has 2 N–H and O–H groups in total. The van der Waals surface area contributed by atoms with E-state index < -0.39 is 24.1 Å². The van der Waals surface area contributed by atoms with Gasteiger partial charge >= 0.3 is 6.36 Å². The van der Waals surface area contributed by atoms with E-state index in [4.69, 9.17) is 5.73 Å². The second kappa shape index (κ2) is 4.48. The standard InChI is InChI=1S/C10H10F5NO/c1-9(16,8(11)12)6-3-2-4-7(5-6)17-10(13,14)15/h2-5,8H,16H2,1H3. The quantitative estimate of drug-likeness (QED) is 0.842. The monoisotopic (exact) mass is 255 g/mol. The molecule has 1 atom stereocenters. The van der Waals surface area contributed by atoms with Gasteiger partial charge < -0.3 is 10.5 Å². The molecule has 0 aliphatic carbocycles. The Morgan fingerprint density at radius 1 is 1.24 bits per heavy atom. The van der Waals surface area contributed by atoms with Gasteiger partial charge in [0.2, 0.25) is 0 Å². The maximum absolute atomic E-state index is 12.6. The lowest BCUT2D eigenvalue weighted by atomic mass is 9.94. The Kier molecular flexibility index (Phi) is 3.61. The Balaban J connectivity index is 3.02. The summed E-state index contributed by atoms with van der Waals surface area (Å²) in [4.78, 5) is 0. The molecule has 17 heavy (non-hydrogen) atoms. The maximum Gasteiger partial charge on any atom is 0.573 e. The smallest absolute Gasteiger partial charge is 0.406 e. The van der Waals surface area contributed by atoms with Gasteiger partial charge in [-0.05, 0) is 24.6 Å². The molecule has 1 aromatic carbocycles. The highest BCUT2D eigenvalue weighted by Crippen LogP contribution is 2.30. The van der Waals surface area contributed by atoms with E-state index >= 15 is 0 Å². The molecular formula is C10H10F5NO. The van der Waals surface area contributed by atoms with E-state index in [1.807, 2.05) is 0 Å². The Morgan fingerprint density at radius 3 is 2.29 bits per heavy atom. The van der Waals surface area contributed by atoms with Crippen LogP contribution in [0.15, 0.2) is 24.3 Å². The van der Waals surface area contributed by atoms with Gasteiger partial charge in [0.05, 0.1) is 5.54 Å². The van der Waals surface area contributed by atoms with E-state index in [1.165, 1.54) is 12.1 Å². The molecule has 7 heteroatoms. The first-order chi connectivity index (χ1) is 7.63. The first kappa shape index (κ1) is 13.7. The van der Waals surface area contributed by atoms with E-state index in [0.29, 0.717) is 0 Å². The summed E-state index contributed by atoms with van der Waals surface area (Å²) in [5.41, 5.74) is 3.17. The van der Waals surface area contributed by atoms with Crippen molar-refractivity contribution in [2.45, 2.75) is 25.3 Å². The lowest BCUT2D eigenvalue weighted by molar-refractivity contribution is -0.274. The Labute approximate surface area is 94.2 Å². The van der Waals surface area contributed by atoms with Gasteiger partial charge in [-0.15, -0.1) is 13.2 Å². The Morgan fingerprint density at radius 2 is 1.82 bits per heavy atom. The van der Waals surface area contributed by atoms with Gasteiger partial charge in [-0.2, -0.15) is 0 Å². The molecule has 1 rings (SSSR count). The number of alkyl halides is 5. The van der Waals surface area contributed by atoms with Gasteiger partial charge in [0.25, 0.3) is 6.43 Å². The summed E-state index contributed by atoms with van der Waals surface area (Å²) in [6.07, 6.45) is -7.77. The molecule has 0 fully saturated rings. The highest BCUT2D eigenvalue weighted by Gasteiger charge is 2.34. The minimum absolute atomic E-state index is 0.130. The molecule has 0 heterocycles. The van der Waals surface area contributed by atoms with Crippen LogP contribution in [0.5, 0.6) is 5.75 Å². The minimum atomic E-state index is -4.87. The summed E-state index contributed by atoms with van der Waals surface area (Å²) in [5.74, 6) is -0.577. The third-order valence-corrected chi connectivity index (χ3v) is 2.14. The van der Waals surface area contributed by atoms with Crippen LogP contribution in [0.1, 0.15) is 12.5 Å². The van der Waals surface area contributed by atoms with Gasteiger partial charge in [0, 0.05) is 0 Å². The number of benzene rings is 1. The third kappa shape index (κ3) is 3.55. The molecular weight excluding hydrogens is 245 g/mol. The molecule has 0 saturated heterocycles. The molecule has 0 aliphatic heterocycles. The Bertz CT molecular complexity index is 389. The summed E-state index contributed by atoms with van der Waals surface area (Å²) in [7, 11) is 0. The first-order valence-corrected chi connectivity index (χ1v) is 4.56. The van der Waals surface area contributed by atoms with Crippen LogP contribution in [0.4, 0.5) is 22.0 Å². The second-order valence-electron chi connectivity index (χ2n) is 3.66. The van der Waals surface area contributed by atoms with Crippen LogP contribution >= 0.6 is 0 Å². The molecule has 0 amide bonds. The van der Waals surface area contributed by atoms with Crippen molar-refractivity contribution >= 4 is 0 Å². The molecule has 1 unspecified atom stereocenters. The summed E-state index contributed by atoms with van der Waals surface area (Å²) >= 11 is 0. The van der Waals surface area contributed by atoms with Gasteiger partial charge in [-0.1, -0.05) is 12.1 Å². The van der Waals surface area contributed by atoms with Crippen LogP contribution in [0.25, 0.3) is 0 Å². The molecule has 0 spiro atoms. The minimum Gasteiger partial charge on any atom is -0.406 e. The van der Waals surface area contributed by atoms with E-state index in [2.05, 4.69) is 4.74 Å². The molecule has 1 aromatic rings. The van der Waals surface area contributed by atoms with Crippen LogP contribution in [0.2, 0.25) is 0 Å². The highest BCUT2D eigenvalue weighted by atomic mass is 19.4. The van der Waals surface area contributed by atoms with E-state index in [1.54, 1.807) is 0 Å². The largest absolute Gasteiger partial charge is 0.573 e. The Hall–Kier alpha value is -1.37. The van der Waals surface area contributed by atoms with Crippen molar-refractivity contribution in [1.82, 2.24) is 0 Å². The fraction of sp³-hybridized carbons (Fsp3) is 0.400. The molecule has 2 nitrogen and oxygen atoms in total. The predicted octanol–water partition coefficient (Wildman–Crippen LogP) is 3.02. The maximum atomic E-state index is 12.6. The van der Waals surface area contributed by atoms with Crippen molar-refractivity contribution in [3.63, 3.8) is 0 Å². The molecule has 0 radical (unpaired) electrons. The molecule has 0 aliphatic rings. The van der Waals surface area contributed by atoms with Crippen LogP contribution in [-0.4, -0.2) is 12.8 Å². The fourth-order valence-corrected chi connectivity index (χ4v) is 1.15. The summed E-state index contributed by atoms with van der Waals surface area (Å²) in [6.45, 7) is 1.03. The van der Waals surface area contributed by atoms with Crippen molar-refractivity contribution in [1.29, 1.82) is 0 Å². The summed E-state index contributed by atoms with van der Waals surface area (Å²) < 4.78 is 64.6. The average Bonchev–Trinajstić information content (AvgIpc) is 2.15. The fourth-order valence-electron chi connectivity index (χ4n) is 1.15. The lowest BCUT2D eigenvalue weighted by Crippen LogP contribution is -2.40. The van der Waals surface area contributed by atoms with Crippen molar-refractivity contribution in [2.75, 3.05) is 0 Å².